The number of carbonyl (C=O) groups is 1. The molecule has 0 radical (unpaired) electrons. The first-order chi connectivity index (χ1) is 17.5. The molecule has 2 saturated heterocycles. The van der Waals surface area contributed by atoms with Crippen molar-refractivity contribution >= 4 is 18.0 Å². The number of amides is 1. The first-order valence-corrected chi connectivity index (χ1v) is 13.3. The van der Waals surface area contributed by atoms with Crippen LogP contribution in [0.3, 0.4) is 0 Å². The number of hydrogen-bond acceptors (Lipinski definition) is 4. The number of aromatic nitrogens is 1. The van der Waals surface area contributed by atoms with Gasteiger partial charge in [0.1, 0.15) is 10.8 Å². The zero-order chi connectivity index (χ0) is 24.8. The van der Waals surface area contributed by atoms with Gasteiger partial charge >= 0.3 is 0 Å². The van der Waals surface area contributed by atoms with Crippen molar-refractivity contribution in [2.75, 3.05) is 19.6 Å². The van der Waals surface area contributed by atoms with Crippen LogP contribution in [-0.4, -0.2) is 46.6 Å². The van der Waals surface area contributed by atoms with E-state index in [1.807, 2.05) is 35.2 Å². The highest BCUT2D eigenvalue weighted by atomic mass is 35.5. The number of hydrogen-bond donors (Lipinski definition) is 2. The minimum Gasteiger partial charge on any atom is -0.385 e. The number of fused-ring (bicyclic) bond motifs is 2. The summed E-state index contributed by atoms with van der Waals surface area (Å²) in [5.41, 5.74) is 1.52. The van der Waals surface area contributed by atoms with E-state index >= 15 is 0 Å². The minimum atomic E-state index is -1.25. The molecule has 2 aliphatic heterocycles. The molecule has 5 nitrogen and oxygen atoms in total. The average molecular weight is 502 g/mol. The Kier molecular flexibility index (Phi) is 5.90. The fourth-order valence-electron chi connectivity index (χ4n) is 7.58. The molecule has 1 amide bonds. The Labute approximate surface area is 217 Å². The summed E-state index contributed by atoms with van der Waals surface area (Å²) < 4.78 is 0. The quantitative estimate of drug-likeness (QED) is 0.406. The summed E-state index contributed by atoms with van der Waals surface area (Å²) in [6.07, 6.45) is 5.05. The van der Waals surface area contributed by atoms with Crippen LogP contribution in [0.1, 0.15) is 54.0 Å². The number of aliphatic hydroxyl groups is 1. The normalized spacial score (nSPS) is 31.8. The van der Waals surface area contributed by atoms with Crippen molar-refractivity contribution in [1.82, 2.24) is 15.2 Å². The molecule has 6 heteroatoms. The van der Waals surface area contributed by atoms with Crippen LogP contribution in [0.2, 0.25) is 5.15 Å². The molecular formula is C30H32ClN3O2. The highest BCUT2D eigenvalue weighted by Gasteiger charge is 2.69. The number of halogens is 1. The fourth-order valence-corrected chi connectivity index (χ4v) is 7.74. The van der Waals surface area contributed by atoms with Crippen molar-refractivity contribution in [3.63, 3.8) is 0 Å². The molecule has 6 rings (SSSR count). The molecule has 3 aliphatic rings. The number of benzene rings is 2. The van der Waals surface area contributed by atoms with Crippen molar-refractivity contribution < 1.29 is 9.90 Å². The van der Waals surface area contributed by atoms with Crippen LogP contribution in [0, 0.1) is 0 Å². The second kappa shape index (κ2) is 8.98. The molecule has 0 unspecified atom stereocenters. The third-order valence-corrected chi connectivity index (χ3v) is 9.37. The molecule has 4 atom stereocenters. The molecule has 1 aromatic heterocycles. The van der Waals surface area contributed by atoms with E-state index in [2.05, 4.69) is 52.8 Å². The Balaban J connectivity index is 1.59. The van der Waals surface area contributed by atoms with Gasteiger partial charge in [-0.1, -0.05) is 78.3 Å². The Morgan fingerprint density at radius 3 is 2.53 bits per heavy atom. The number of nitrogens with one attached hydrogen (secondary N) is 1. The summed E-state index contributed by atoms with van der Waals surface area (Å²) in [7, 11) is 0. The van der Waals surface area contributed by atoms with Crippen LogP contribution in [-0.2, 0) is 22.2 Å². The van der Waals surface area contributed by atoms with Gasteiger partial charge < -0.3 is 15.3 Å². The molecule has 1 aliphatic carbocycles. The lowest BCUT2D eigenvalue weighted by Gasteiger charge is -2.61. The zero-order valence-electron chi connectivity index (χ0n) is 20.4. The summed E-state index contributed by atoms with van der Waals surface area (Å²) in [5.74, 6) is 0.218. The number of pyridine rings is 1. The fraction of sp³-hybridized carbons (Fsp3) is 0.400. The molecular weight excluding hydrogens is 470 g/mol. The lowest BCUT2D eigenvalue weighted by Crippen LogP contribution is -2.72. The van der Waals surface area contributed by atoms with Crippen LogP contribution < -0.4 is 5.32 Å². The maximum Gasteiger partial charge on any atom is 0.210 e. The maximum absolute atomic E-state index is 13.3. The van der Waals surface area contributed by atoms with E-state index in [4.69, 9.17) is 11.6 Å². The number of nitrogens with zero attached hydrogens (tertiary/aromatic N) is 2. The van der Waals surface area contributed by atoms with E-state index in [0.29, 0.717) is 31.2 Å². The Hall–Kier alpha value is -2.73. The summed E-state index contributed by atoms with van der Waals surface area (Å²) in [6, 6.07) is 24.6. The van der Waals surface area contributed by atoms with E-state index < -0.39 is 16.6 Å². The van der Waals surface area contributed by atoms with Gasteiger partial charge in [0, 0.05) is 30.7 Å². The van der Waals surface area contributed by atoms with Crippen molar-refractivity contribution in [2.45, 2.75) is 54.6 Å². The van der Waals surface area contributed by atoms with Crippen LogP contribution in [0.4, 0.5) is 0 Å². The van der Waals surface area contributed by atoms with E-state index in [1.54, 1.807) is 0 Å². The number of piperidine rings is 1. The van der Waals surface area contributed by atoms with E-state index in [9.17, 15) is 9.90 Å². The molecule has 3 heterocycles. The maximum atomic E-state index is 13.3. The van der Waals surface area contributed by atoms with Crippen molar-refractivity contribution in [1.29, 1.82) is 0 Å². The summed E-state index contributed by atoms with van der Waals surface area (Å²) in [4.78, 5) is 19.4. The Morgan fingerprint density at radius 2 is 1.78 bits per heavy atom. The lowest BCUT2D eigenvalue weighted by atomic mass is 9.52. The molecule has 186 valence electrons. The van der Waals surface area contributed by atoms with E-state index in [1.165, 1.54) is 5.56 Å². The summed E-state index contributed by atoms with van der Waals surface area (Å²) >= 11 is 6.30. The van der Waals surface area contributed by atoms with Gasteiger partial charge in [-0.2, -0.15) is 0 Å². The molecule has 3 aromatic rings. The predicted molar refractivity (Wildman–Crippen MR) is 141 cm³/mol. The van der Waals surface area contributed by atoms with Crippen LogP contribution in [0.25, 0.3) is 0 Å². The molecule has 2 fully saturated rings. The summed E-state index contributed by atoms with van der Waals surface area (Å²) in [6.45, 7) is 1.62. The highest BCUT2D eigenvalue weighted by molar-refractivity contribution is 6.29. The molecule has 2 aromatic carbocycles. The number of likely N-dealkylation sites (tertiary alicyclic amines) is 1. The lowest BCUT2D eigenvalue weighted by molar-refractivity contribution is -0.171. The second-order valence-electron chi connectivity index (χ2n) is 10.7. The van der Waals surface area contributed by atoms with Crippen molar-refractivity contribution in [3.05, 3.63) is 100 Å². The first-order valence-electron chi connectivity index (χ1n) is 13.0. The van der Waals surface area contributed by atoms with Gasteiger partial charge in [-0.15, -0.1) is 0 Å². The summed E-state index contributed by atoms with van der Waals surface area (Å²) in [5, 5.41) is 17.3. The topological polar surface area (TPSA) is 65.5 Å². The Morgan fingerprint density at radius 1 is 1.03 bits per heavy atom. The third-order valence-electron chi connectivity index (χ3n) is 9.16. The number of rotatable bonds is 4. The minimum absolute atomic E-state index is 0.218. The molecule has 36 heavy (non-hydrogen) atoms. The second-order valence-corrected chi connectivity index (χ2v) is 11.0. The van der Waals surface area contributed by atoms with Gasteiger partial charge in [0.2, 0.25) is 6.41 Å². The molecule has 2 N–H and O–H groups in total. The van der Waals surface area contributed by atoms with Crippen LogP contribution in [0.5, 0.6) is 0 Å². The van der Waals surface area contributed by atoms with Gasteiger partial charge in [0.15, 0.2) is 0 Å². The number of carbonyl (C=O) groups excluding carboxylic acids is 1. The van der Waals surface area contributed by atoms with Crippen LogP contribution in [0.15, 0.2) is 72.8 Å². The SMILES string of the molecule is O=CN1CC[C@H](c2ccccc2)C[C@@]1(c1ccccc1)[C@@]1(O)CNC[C@]12CCCc1nc(Cl)ccc12. The molecule has 0 bridgehead atoms. The number of β-amino-alcohol motifs (C(OH)–C–C–N with tert-alkyl or cyclic N) is 1. The predicted octanol–water partition coefficient (Wildman–Crippen LogP) is 4.57. The highest BCUT2D eigenvalue weighted by Crippen LogP contribution is 2.59. The third kappa shape index (κ3) is 3.29. The van der Waals surface area contributed by atoms with E-state index in [-0.39, 0.29) is 5.92 Å². The van der Waals surface area contributed by atoms with Gasteiger partial charge in [-0.25, -0.2) is 4.98 Å². The van der Waals surface area contributed by atoms with Gasteiger partial charge in [-0.05, 0) is 60.8 Å². The molecule has 0 saturated carbocycles. The number of aryl methyl sites for hydroxylation is 1. The van der Waals surface area contributed by atoms with Crippen molar-refractivity contribution in [2.24, 2.45) is 0 Å². The van der Waals surface area contributed by atoms with Gasteiger partial charge in [0.05, 0.1) is 5.54 Å². The van der Waals surface area contributed by atoms with Gasteiger partial charge in [-0.3, -0.25) is 4.79 Å². The molecule has 1 spiro atoms. The van der Waals surface area contributed by atoms with E-state index in [0.717, 1.165) is 48.9 Å². The standard InChI is InChI=1S/C30H32ClN3O2/c31-27-14-13-25-26(33-27)12-7-16-28(25)19-32-20-30(28,36)29(24-10-5-2-6-11-24)18-23(15-17-34(29)21-35)22-8-3-1-4-9-22/h1-6,8-11,13-14,21,23,32,36H,7,12,15-20H2/t23-,28-,29+,30+/m0/s1. The first kappa shape index (κ1) is 23.7. The largest absolute Gasteiger partial charge is 0.385 e. The van der Waals surface area contributed by atoms with Gasteiger partial charge in [0.25, 0.3) is 0 Å². The zero-order valence-corrected chi connectivity index (χ0v) is 21.1. The van der Waals surface area contributed by atoms with Crippen molar-refractivity contribution in [3.8, 4) is 0 Å². The average Bonchev–Trinajstić information content (AvgIpc) is 3.26. The Bertz CT molecular complexity index is 1260. The monoisotopic (exact) mass is 501 g/mol. The van der Waals surface area contributed by atoms with Crippen LogP contribution >= 0.6 is 11.6 Å². The smallest absolute Gasteiger partial charge is 0.210 e.